The number of rotatable bonds is 3. The number of thiophene rings is 1. The van der Waals surface area contributed by atoms with Gasteiger partial charge in [-0.15, -0.1) is 11.3 Å². The number of carbonyl (C=O) groups excluding carboxylic acids is 1. The summed E-state index contributed by atoms with van der Waals surface area (Å²) in [4.78, 5) is 21.6. The van der Waals surface area contributed by atoms with Crippen LogP contribution in [0.15, 0.2) is 77.7 Å². The molecule has 2 aromatic carbocycles. The maximum absolute atomic E-state index is 13.1. The number of benzene rings is 2. The minimum absolute atomic E-state index is 0.113. The molecule has 0 radical (unpaired) electrons. The molecule has 4 aromatic rings. The molecule has 2 aliphatic heterocycles. The average molecular weight is 437 g/mol. The van der Waals surface area contributed by atoms with Gasteiger partial charge >= 0.3 is 0 Å². The summed E-state index contributed by atoms with van der Waals surface area (Å²) in [5.41, 5.74) is 4.88. The van der Waals surface area contributed by atoms with Gasteiger partial charge in [0.1, 0.15) is 11.7 Å². The predicted octanol–water partition coefficient (Wildman–Crippen LogP) is 4.93. The number of fused-ring (bicyclic) bond motifs is 4. The van der Waals surface area contributed by atoms with Gasteiger partial charge in [-0.2, -0.15) is 5.26 Å². The van der Waals surface area contributed by atoms with Crippen molar-refractivity contribution in [3.8, 4) is 6.07 Å². The normalized spacial score (nSPS) is 20.5. The van der Waals surface area contributed by atoms with Crippen LogP contribution >= 0.6 is 11.3 Å². The van der Waals surface area contributed by atoms with E-state index in [1.165, 1.54) is 16.0 Å². The fourth-order valence-electron chi connectivity index (χ4n) is 5.02. The lowest BCUT2D eigenvalue weighted by atomic mass is 9.90. The van der Waals surface area contributed by atoms with Gasteiger partial charge in [-0.1, -0.05) is 42.5 Å². The summed E-state index contributed by atoms with van der Waals surface area (Å²) < 4.78 is 1.59. The van der Waals surface area contributed by atoms with Crippen LogP contribution in [0.2, 0.25) is 0 Å². The number of imidazole rings is 1. The Morgan fingerprint density at radius 2 is 1.91 bits per heavy atom. The van der Waals surface area contributed by atoms with Crippen LogP contribution in [-0.2, 0) is 6.42 Å². The monoisotopic (exact) mass is 436 g/mol. The van der Waals surface area contributed by atoms with Crippen LogP contribution in [0.4, 0.5) is 0 Å². The molecule has 2 unspecified atom stereocenters. The highest BCUT2D eigenvalue weighted by molar-refractivity contribution is 7.10. The number of para-hydroxylation sites is 2. The van der Waals surface area contributed by atoms with Gasteiger partial charge in [0, 0.05) is 24.0 Å². The Bertz CT molecular complexity index is 1410. The van der Waals surface area contributed by atoms with Crippen molar-refractivity contribution in [2.45, 2.75) is 18.4 Å². The van der Waals surface area contributed by atoms with E-state index in [1.807, 2.05) is 41.7 Å². The predicted molar refractivity (Wildman–Crippen MR) is 125 cm³/mol. The van der Waals surface area contributed by atoms with Gasteiger partial charge in [-0.3, -0.25) is 14.3 Å². The minimum atomic E-state index is -0.541. The number of nitrogens with zero attached hydrogens (tertiary/aromatic N) is 4. The molecule has 6 heteroatoms. The maximum Gasteiger partial charge on any atom is 0.256 e. The van der Waals surface area contributed by atoms with Crippen molar-refractivity contribution in [2.75, 3.05) is 13.1 Å². The van der Waals surface area contributed by atoms with Crippen molar-refractivity contribution in [1.29, 1.82) is 5.26 Å². The van der Waals surface area contributed by atoms with Gasteiger partial charge in [-0.05, 0) is 46.7 Å². The van der Waals surface area contributed by atoms with E-state index in [2.05, 4.69) is 51.7 Å². The lowest BCUT2D eigenvalue weighted by Gasteiger charge is -2.37. The molecule has 2 aliphatic rings. The molecule has 0 fully saturated rings. The molecule has 0 amide bonds. The molecule has 0 aliphatic carbocycles. The van der Waals surface area contributed by atoms with Crippen LogP contribution in [0.5, 0.6) is 0 Å². The van der Waals surface area contributed by atoms with Crippen LogP contribution < -0.4 is 0 Å². The van der Waals surface area contributed by atoms with Crippen LogP contribution in [-0.4, -0.2) is 33.4 Å². The van der Waals surface area contributed by atoms with Crippen molar-refractivity contribution < 1.29 is 4.79 Å². The second-order valence-corrected chi connectivity index (χ2v) is 9.25. The van der Waals surface area contributed by atoms with Gasteiger partial charge in [0.05, 0.1) is 23.1 Å². The van der Waals surface area contributed by atoms with Crippen molar-refractivity contribution in [3.05, 3.63) is 99.5 Å². The molecule has 32 heavy (non-hydrogen) atoms. The Hall–Kier alpha value is -3.53. The van der Waals surface area contributed by atoms with E-state index in [4.69, 9.17) is 0 Å². The van der Waals surface area contributed by atoms with Crippen LogP contribution in [0.25, 0.3) is 11.0 Å². The van der Waals surface area contributed by atoms with Crippen molar-refractivity contribution in [1.82, 2.24) is 14.5 Å². The molecule has 2 aromatic heterocycles. The molecular formula is C26H20N4OS. The zero-order valence-corrected chi connectivity index (χ0v) is 18.1. The summed E-state index contributed by atoms with van der Waals surface area (Å²) in [6.45, 7) is 1.44. The Morgan fingerprint density at radius 1 is 1.09 bits per heavy atom. The Morgan fingerprint density at radius 3 is 2.75 bits per heavy atom. The van der Waals surface area contributed by atoms with E-state index >= 15 is 0 Å². The molecule has 156 valence electrons. The molecule has 6 rings (SSSR count). The van der Waals surface area contributed by atoms with E-state index in [1.54, 1.807) is 10.6 Å². The molecule has 2 atom stereocenters. The highest BCUT2D eigenvalue weighted by atomic mass is 32.1. The van der Waals surface area contributed by atoms with Crippen molar-refractivity contribution in [2.24, 2.45) is 0 Å². The summed E-state index contributed by atoms with van der Waals surface area (Å²) in [5.74, 6) is -0.138. The fraction of sp³-hybridized carbons (Fsp3) is 0.192. The first kappa shape index (κ1) is 19.2. The Balaban J connectivity index is 1.40. The lowest BCUT2D eigenvalue weighted by molar-refractivity contribution is 0.0962. The highest BCUT2D eigenvalue weighted by Crippen LogP contribution is 2.40. The second kappa shape index (κ2) is 7.56. The van der Waals surface area contributed by atoms with E-state index in [0.29, 0.717) is 12.4 Å². The van der Waals surface area contributed by atoms with Crippen molar-refractivity contribution >= 4 is 28.3 Å². The first-order chi connectivity index (χ1) is 15.7. The number of hydrogen-bond acceptors (Lipinski definition) is 5. The Kier molecular flexibility index (Phi) is 4.53. The van der Waals surface area contributed by atoms with Crippen LogP contribution in [0.1, 0.15) is 38.6 Å². The summed E-state index contributed by atoms with van der Waals surface area (Å²) in [7, 11) is 0. The second-order valence-electron chi connectivity index (χ2n) is 8.25. The Labute approximate surface area is 189 Å². The average Bonchev–Trinajstić information content (AvgIpc) is 3.44. The maximum atomic E-state index is 13.1. The first-order valence-electron chi connectivity index (χ1n) is 10.7. The third kappa shape index (κ3) is 2.94. The molecule has 5 nitrogen and oxygen atoms in total. The number of nitriles is 1. The topological polar surface area (TPSA) is 61.9 Å². The van der Waals surface area contributed by atoms with E-state index in [9.17, 15) is 10.1 Å². The molecule has 0 N–H and O–H groups in total. The zero-order valence-electron chi connectivity index (χ0n) is 17.3. The van der Waals surface area contributed by atoms with Gasteiger partial charge in [0.15, 0.2) is 0 Å². The molecule has 0 saturated carbocycles. The molecule has 0 spiro atoms. The number of carbonyl (C=O) groups is 1. The zero-order chi connectivity index (χ0) is 21.7. The third-order valence-corrected chi connectivity index (χ3v) is 7.44. The lowest BCUT2D eigenvalue weighted by Crippen LogP contribution is -2.38. The first-order valence-corrected chi connectivity index (χ1v) is 11.6. The van der Waals surface area contributed by atoms with Gasteiger partial charge in [0.25, 0.3) is 5.91 Å². The summed E-state index contributed by atoms with van der Waals surface area (Å²) in [5, 5.41) is 12.2. The highest BCUT2D eigenvalue weighted by Gasteiger charge is 2.35. The number of aromatic nitrogens is 2. The largest absolute Gasteiger partial charge is 0.288 e. The molecular weight excluding hydrogens is 416 g/mol. The molecule has 0 saturated heterocycles. The summed E-state index contributed by atoms with van der Waals surface area (Å²) >= 11 is 1.81. The van der Waals surface area contributed by atoms with Gasteiger partial charge in [0.2, 0.25) is 0 Å². The van der Waals surface area contributed by atoms with Crippen LogP contribution in [0.3, 0.4) is 0 Å². The van der Waals surface area contributed by atoms with Crippen molar-refractivity contribution in [3.63, 3.8) is 0 Å². The molecule has 4 heterocycles. The number of hydrogen-bond donors (Lipinski definition) is 0. The third-order valence-electron chi connectivity index (χ3n) is 6.44. The number of allylic oxidation sites excluding steroid dienone is 1. The van der Waals surface area contributed by atoms with E-state index in [-0.39, 0.29) is 11.9 Å². The summed E-state index contributed by atoms with van der Waals surface area (Å²) in [6, 6.07) is 22.8. The molecule has 0 bridgehead atoms. The van der Waals surface area contributed by atoms with Gasteiger partial charge < -0.3 is 0 Å². The van der Waals surface area contributed by atoms with E-state index in [0.717, 1.165) is 29.6 Å². The SMILES string of the molecule is N#CC1C(CN2CCc3sccc3C2c2ccccc2)=CC(=O)n2c1nc1ccccc12. The minimum Gasteiger partial charge on any atom is -0.288 e. The standard InChI is InChI=1S/C26H20N4OS/c27-15-20-18(14-24(31)30-22-9-5-4-8-21(22)28-26(20)30)16-29-12-10-23-19(11-13-32-23)25(29)17-6-2-1-3-7-17/h1-9,11,13-14,20,25H,10,12,16H2. The quantitative estimate of drug-likeness (QED) is 0.457. The van der Waals surface area contributed by atoms with Gasteiger partial charge in [-0.25, -0.2) is 4.98 Å². The fourth-order valence-corrected chi connectivity index (χ4v) is 5.92. The van der Waals surface area contributed by atoms with Crippen LogP contribution in [0, 0.1) is 11.3 Å². The van der Waals surface area contributed by atoms with E-state index < -0.39 is 5.92 Å². The summed E-state index contributed by atoms with van der Waals surface area (Å²) in [6.07, 6.45) is 2.63. The smallest absolute Gasteiger partial charge is 0.256 e.